The topological polar surface area (TPSA) is 12.0 Å². The van der Waals surface area contributed by atoms with Crippen molar-refractivity contribution in [2.75, 3.05) is 6.54 Å². The van der Waals surface area contributed by atoms with Crippen molar-refractivity contribution in [3.63, 3.8) is 0 Å². The largest absolute Gasteiger partial charge is 0.314 e. The molecule has 0 heterocycles. The molecule has 17 heavy (non-hydrogen) atoms. The first kappa shape index (κ1) is 15.0. The van der Waals surface area contributed by atoms with E-state index in [1.807, 2.05) is 0 Å². The van der Waals surface area contributed by atoms with Crippen LogP contribution in [0.3, 0.4) is 0 Å². The summed E-state index contributed by atoms with van der Waals surface area (Å²) in [6.07, 6.45) is 15.7. The van der Waals surface area contributed by atoms with Crippen LogP contribution < -0.4 is 5.32 Å². The Kier molecular flexibility index (Phi) is 8.78. The first-order valence-corrected chi connectivity index (χ1v) is 8.08. The molecule has 0 spiro atoms. The molecular formula is C16H33N. The average Bonchev–Trinajstić information content (AvgIpc) is 2.73. The van der Waals surface area contributed by atoms with Crippen LogP contribution in [0.15, 0.2) is 0 Å². The van der Waals surface area contributed by atoms with E-state index < -0.39 is 0 Å². The Morgan fingerprint density at radius 1 is 0.882 bits per heavy atom. The lowest BCUT2D eigenvalue weighted by Gasteiger charge is -2.16. The summed E-state index contributed by atoms with van der Waals surface area (Å²) >= 11 is 0. The molecule has 1 aliphatic carbocycles. The van der Waals surface area contributed by atoms with Crippen molar-refractivity contribution in [1.82, 2.24) is 5.32 Å². The van der Waals surface area contributed by atoms with Gasteiger partial charge in [0.1, 0.15) is 0 Å². The molecule has 0 saturated heterocycles. The highest BCUT2D eigenvalue weighted by atomic mass is 14.9. The van der Waals surface area contributed by atoms with E-state index in [-0.39, 0.29) is 0 Å². The minimum absolute atomic E-state index is 0.833. The third-order valence-electron chi connectivity index (χ3n) is 4.30. The quantitative estimate of drug-likeness (QED) is 0.534. The van der Waals surface area contributed by atoms with Gasteiger partial charge in [-0.15, -0.1) is 0 Å². The molecule has 102 valence electrons. The summed E-state index contributed by atoms with van der Waals surface area (Å²) in [7, 11) is 0. The molecule has 0 amide bonds. The molecule has 0 aliphatic heterocycles. The average molecular weight is 239 g/mol. The monoisotopic (exact) mass is 239 g/mol. The number of rotatable bonds is 10. The van der Waals surface area contributed by atoms with E-state index in [9.17, 15) is 0 Å². The van der Waals surface area contributed by atoms with Gasteiger partial charge in [0.25, 0.3) is 0 Å². The first-order chi connectivity index (χ1) is 8.34. The van der Waals surface area contributed by atoms with Crippen LogP contribution >= 0.6 is 0 Å². The molecular weight excluding hydrogens is 206 g/mol. The summed E-state index contributed by atoms with van der Waals surface area (Å²) in [5, 5.41) is 3.74. The van der Waals surface area contributed by atoms with Crippen LogP contribution in [0.4, 0.5) is 0 Å². The van der Waals surface area contributed by atoms with Gasteiger partial charge in [-0.25, -0.2) is 0 Å². The van der Waals surface area contributed by atoms with E-state index in [0.717, 1.165) is 12.0 Å². The van der Waals surface area contributed by atoms with Gasteiger partial charge in [0, 0.05) is 6.04 Å². The summed E-state index contributed by atoms with van der Waals surface area (Å²) in [5.41, 5.74) is 0. The molecule has 0 bridgehead atoms. The van der Waals surface area contributed by atoms with Crippen LogP contribution in [0.2, 0.25) is 0 Å². The molecule has 1 N–H and O–H groups in total. The SMILES string of the molecule is CCCCCCCCCCNC1CCCC1C. The fourth-order valence-corrected chi connectivity index (χ4v) is 3.00. The van der Waals surface area contributed by atoms with Crippen LogP contribution in [0.1, 0.15) is 84.5 Å². The third kappa shape index (κ3) is 7.08. The van der Waals surface area contributed by atoms with Crippen molar-refractivity contribution in [3.05, 3.63) is 0 Å². The highest BCUT2D eigenvalue weighted by Gasteiger charge is 2.21. The molecule has 1 heteroatoms. The molecule has 1 aliphatic rings. The van der Waals surface area contributed by atoms with Crippen LogP contribution in [0.5, 0.6) is 0 Å². The lowest BCUT2D eigenvalue weighted by molar-refractivity contribution is 0.418. The summed E-state index contributed by atoms with van der Waals surface area (Å²) in [5.74, 6) is 0.920. The van der Waals surface area contributed by atoms with Gasteiger partial charge in [-0.2, -0.15) is 0 Å². The van der Waals surface area contributed by atoms with Crippen molar-refractivity contribution < 1.29 is 0 Å². The molecule has 1 rings (SSSR count). The van der Waals surface area contributed by atoms with E-state index in [1.54, 1.807) is 0 Å². The second-order valence-electron chi connectivity index (χ2n) is 5.94. The van der Waals surface area contributed by atoms with Crippen molar-refractivity contribution >= 4 is 0 Å². The zero-order chi connectivity index (χ0) is 12.3. The Labute approximate surface area is 109 Å². The van der Waals surface area contributed by atoms with E-state index in [4.69, 9.17) is 0 Å². The van der Waals surface area contributed by atoms with Gasteiger partial charge in [-0.1, -0.05) is 65.2 Å². The normalized spacial score (nSPS) is 24.4. The van der Waals surface area contributed by atoms with Crippen molar-refractivity contribution in [1.29, 1.82) is 0 Å². The highest BCUT2D eigenvalue weighted by molar-refractivity contribution is 4.79. The van der Waals surface area contributed by atoms with E-state index >= 15 is 0 Å². The number of hydrogen-bond acceptors (Lipinski definition) is 1. The Bertz CT molecular complexity index is 167. The predicted molar refractivity (Wildman–Crippen MR) is 77.4 cm³/mol. The maximum Gasteiger partial charge on any atom is 0.00926 e. The van der Waals surface area contributed by atoms with Crippen molar-refractivity contribution in [2.24, 2.45) is 5.92 Å². The van der Waals surface area contributed by atoms with Crippen LogP contribution in [-0.4, -0.2) is 12.6 Å². The van der Waals surface area contributed by atoms with Gasteiger partial charge in [0.2, 0.25) is 0 Å². The highest BCUT2D eigenvalue weighted by Crippen LogP contribution is 2.24. The molecule has 2 unspecified atom stereocenters. The Morgan fingerprint density at radius 2 is 1.53 bits per heavy atom. The predicted octanol–water partition coefficient (Wildman–Crippen LogP) is 4.91. The third-order valence-corrected chi connectivity index (χ3v) is 4.30. The molecule has 1 saturated carbocycles. The summed E-state index contributed by atoms with van der Waals surface area (Å²) in [6, 6.07) is 0.833. The van der Waals surface area contributed by atoms with Gasteiger partial charge in [0.05, 0.1) is 0 Å². The Hall–Kier alpha value is -0.0400. The van der Waals surface area contributed by atoms with Gasteiger partial charge >= 0.3 is 0 Å². The van der Waals surface area contributed by atoms with Crippen molar-refractivity contribution in [3.8, 4) is 0 Å². The Morgan fingerprint density at radius 3 is 2.12 bits per heavy atom. The van der Waals surface area contributed by atoms with Gasteiger partial charge in [-0.3, -0.25) is 0 Å². The van der Waals surface area contributed by atoms with Gasteiger partial charge < -0.3 is 5.32 Å². The second kappa shape index (κ2) is 9.94. The molecule has 1 nitrogen and oxygen atoms in total. The van der Waals surface area contributed by atoms with E-state index in [1.165, 1.54) is 77.2 Å². The maximum absolute atomic E-state index is 3.74. The van der Waals surface area contributed by atoms with Crippen LogP contribution in [0, 0.1) is 5.92 Å². The number of unbranched alkanes of at least 4 members (excludes halogenated alkanes) is 7. The van der Waals surface area contributed by atoms with Gasteiger partial charge in [-0.05, 0) is 31.7 Å². The summed E-state index contributed by atoms with van der Waals surface area (Å²) in [4.78, 5) is 0. The minimum Gasteiger partial charge on any atom is -0.314 e. The first-order valence-electron chi connectivity index (χ1n) is 8.08. The Balaban J connectivity index is 1.78. The maximum atomic E-state index is 3.74. The molecule has 0 radical (unpaired) electrons. The lowest BCUT2D eigenvalue weighted by Crippen LogP contribution is -2.31. The molecule has 1 fully saturated rings. The van der Waals surface area contributed by atoms with E-state index in [0.29, 0.717) is 0 Å². The molecule has 0 aromatic heterocycles. The number of hydrogen-bond donors (Lipinski definition) is 1. The van der Waals surface area contributed by atoms with Gasteiger partial charge in [0.15, 0.2) is 0 Å². The molecule has 0 aromatic carbocycles. The fraction of sp³-hybridized carbons (Fsp3) is 1.00. The molecule has 0 aromatic rings. The van der Waals surface area contributed by atoms with Crippen molar-refractivity contribution in [2.45, 2.75) is 90.5 Å². The fourth-order valence-electron chi connectivity index (χ4n) is 3.00. The standard InChI is InChI=1S/C16H33N/c1-3-4-5-6-7-8-9-10-14-17-16-13-11-12-15(16)2/h15-17H,3-14H2,1-2H3. The summed E-state index contributed by atoms with van der Waals surface area (Å²) < 4.78 is 0. The summed E-state index contributed by atoms with van der Waals surface area (Å²) in [6.45, 7) is 5.94. The van der Waals surface area contributed by atoms with Crippen LogP contribution in [-0.2, 0) is 0 Å². The smallest absolute Gasteiger partial charge is 0.00926 e. The second-order valence-corrected chi connectivity index (χ2v) is 5.94. The minimum atomic E-state index is 0.833. The lowest BCUT2D eigenvalue weighted by atomic mass is 10.1. The zero-order valence-electron chi connectivity index (χ0n) is 12.1. The number of nitrogens with one attached hydrogen (secondary N) is 1. The van der Waals surface area contributed by atoms with Crippen LogP contribution in [0.25, 0.3) is 0 Å². The van der Waals surface area contributed by atoms with E-state index in [2.05, 4.69) is 19.2 Å². The molecule has 2 atom stereocenters. The zero-order valence-corrected chi connectivity index (χ0v) is 12.1.